The van der Waals surface area contributed by atoms with E-state index >= 15 is 0 Å². The quantitative estimate of drug-likeness (QED) is 0.788. The fourth-order valence-corrected chi connectivity index (χ4v) is 1.96. The monoisotopic (exact) mass is 279 g/mol. The van der Waals surface area contributed by atoms with Crippen LogP contribution in [0.4, 0.5) is 0 Å². The number of benzene rings is 1. The van der Waals surface area contributed by atoms with Gasteiger partial charge >= 0.3 is 0 Å². The average Bonchev–Trinajstić information content (AvgIpc) is 2.42. The number of ether oxygens (including phenoxy) is 2. The van der Waals surface area contributed by atoms with Crippen molar-refractivity contribution in [2.45, 2.75) is 53.2 Å². The number of hydrogen-bond donors (Lipinski definition) is 1. The van der Waals surface area contributed by atoms with Crippen LogP contribution in [0.2, 0.25) is 0 Å². The Morgan fingerprint density at radius 1 is 1.10 bits per heavy atom. The number of rotatable bonds is 8. The first-order valence-corrected chi connectivity index (χ1v) is 7.54. The van der Waals surface area contributed by atoms with E-state index in [0.717, 1.165) is 24.5 Å². The Bertz CT molecular complexity index is 402. The zero-order valence-electron chi connectivity index (χ0n) is 13.7. The Morgan fingerprint density at radius 3 is 2.30 bits per heavy atom. The molecule has 0 radical (unpaired) electrons. The molecule has 0 aliphatic carbocycles. The van der Waals surface area contributed by atoms with Crippen LogP contribution >= 0.6 is 0 Å². The summed E-state index contributed by atoms with van der Waals surface area (Å²) in [6.45, 7) is 11.6. The van der Waals surface area contributed by atoms with Crippen molar-refractivity contribution < 1.29 is 9.47 Å². The largest absolute Gasteiger partial charge is 0.493 e. The third-order valence-corrected chi connectivity index (χ3v) is 3.39. The molecule has 114 valence electrons. The summed E-state index contributed by atoms with van der Waals surface area (Å²) in [6.07, 6.45) is 1.14. The molecule has 3 heteroatoms. The highest BCUT2D eigenvalue weighted by atomic mass is 16.5. The molecule has 0 heterocycles. The summed E-state index contributed by atoms with van der Waals surface area (Å²) >= 11 is 0. The molecule has 0 aliphatic heterocycles. The molecule has 1 atom stereocenters. The summed E-state index contributed by atoms with van der Waals surface area (Å²) < 4.78 is 11.6. The van der Waals surface area contributed by atoms with Gasteiger partial charge in [-0.15, -0.1) is 0 Å². The number of hydrogen-bond acceptors (Lipinski definition) is 3. The molecule has 0 bridgehead atoms. The van der Waals surface area contributed by atoms with E-state index in [1.807, 2.05) is 6.07 Å². The molecule has 1 aromatic rings. The van der Waals surface area contributed by atoms with E-state index < -0.39 is 0 Å². The number of methoxy groups -OCH3 is 1. The lowest BCUT2D eigenvalue weighted by Crippen LogP contribution is -2.38. The maximum Gasteiger partial charge on any atom is 0.161 e. The fourth-order valence-electron chi connectivity index (χ4n) is 1.96. The zero-order chi connectivity index (χ0) is 15.1. The van der Waals surface area contributed by atoms with Crippen LogP contribution in [0.3, 0.4) is 0 Å². The van der Waals surface area contributed by atoms with E-state index in [2.05, 4.69) is 52.1 Å². The maximum atomic E-state index is 6.16. The van der Waals surface area contributed by atoms with Gasteiger partial charge < -0.3 is 14.8 Å². The van der Waals surface area contributed by atoms with Crippen LogP contribution in [-0.4, -0.2) is 25.8 Å². The molecule has 0 fully saturated rings. The summed E-state index contributed by atoms with van der Waals surface area (Å²) in [5, 5.41) is 3.44. The highest BCUT2D eigenvalue weighted by Gasteiger charge is 2.17. The Kier molecular flexibility index (Phi) is 6.86. The van der Waals surface area contributed by atoms with Gasteiger partial charge in [0.2, 0.25) is 0 Å². The van der Waals surface area contributed by atoms with Gasteiger partial charge in [-0.25, -0.2) is 0 Å². The van der Waals surface area contributed by atoms with Crippen molar-refractivity contribution in [2.24, 2.45) is 5.92 Å². The average molecular weight is 279 g/mol. The van der Waals surface area contributed by atoms with Gasteiger partial charge in [-0.2, -0.15) is 0 Å². The molecule has 3 nitrogen and oxygen atoms in total. The molecule has 0 amide bonds. The Balaban J connectivity index is 2.82. The van der Waals surface area contributed by atoms with E-state index in [1.165, 1.54) is 5.56 Å². The highest BCUT2D eigenvalue weighted by molar-refractivity contribution is 5.43. The molecule has 0 spiro atoms. The minimum absolute atomic E-state index is 0.138. The minimum Gasteiger partial charge on any atom is -0.493 e. The third kappa shape index (κ3) is 5.04. The predicted molar refractivity (Wildman–Crippen MR) is 84.8 cm³/mol. The van der Waals surface area contributed by atoms with E-state index in [4.69, 9.17) is 9.47 Å². The van der Waals surface area contributed by atoms with Gasteiger partial charge in [0.25, 0.3) is 0 Å². The summed E-state index contributed by atoms with van der Waals surface area (Å²) in [6, 6.07) is 6.64. The van der Waals surface area contributed by atoms with Gasteiger partial charge in [0.05, 0.1) is 7.11 Å². The standard InChI is InChI=1S/C17H29NO2/c1-7-14-8-9-15(16(10-14)19-6)20-17(12(2)3)11-18-13(4)5/h8-10,12-13,17-18H,7,11H2,1-6H3. The molecule has 20 heavy (non-hydrogen) atoms. The van der Waals surface area contributed by atoms with Gasteiger partial charge in [0.15, 0.2) is 11.5 Å². The van der Waals surface area contributed by atoms with Gasteiger partial charge in [-0.05, 0) is 30.0 Å². The van der Waals surface area contributed by atoms with Crippen molar-refractivity contribution in [1.29, 1.82) is 0 Å². The van der Waals surface area contributed by atoms with Crippen molar-refractivity contribution in [1.82, 2.24) is 5.32 Å². The molecule has 0 saturated heterocycles. The molecule has 0 aliphatic rings. The second-order valence-electron chi connectivity index (χ2n) is 5.80. The van der Waals surface area contributed by atoms with Crippen molar-refractivity contribution in [2.75, 3.05) is 13.7 Å². The molecule has 0 aromatic heterocycles. The van der Waals surface area contributed by atoms with Crippen molar-refractivity contribution >= 4 is 0 Å². The Morgan fingerprint density at radius 2 is 1.80 bits per heavy atom. The molecule has 1 unspecified atom stereocenters. The van der Waals surface area contributed by atoms with Gasteiger partial charge in [-0.3, -0.25) is 0 Å². The summed E-state index contributed by atoms with van der Waals surface area (Å²) in [7, 11) is 1.69. The van der Waals surface area contributed by atoms with E-state index in [1.54, 1.807) is 7.11 Å². The lowest BCUT2D eigenvalue weighted by Gasteiger charge is -2.25. The van der Waals surface area contributed by atoms with Crippen LogP contribution in [0.25, 0.3) is 0 Å². The van der Waals surface area contributed by atoms with Crippen LogP contribution in [0.1, 0.15) is 40.2 Å². The minimum atomic E-state index is 0.138. The second kappa shape index (κ2) is 8.15. The van der Waals surface area contributed by atoms with Crippen LogP contribution in [-0.2, 0) is 6.42 Å². The van der Waals surface area contributed by atoms with Crippen molar-refractivity contribution in [3.8, 4) is 11.5 Å². The molecule has 1 rings (SSSR count). The van der Waals surface area contributed by atoms with Crippen molar-refractivity contribution in [3.63, 3.8) is 0 Å². The first-order valence-electron chi connectivity index (χ1n) is 7.54. The first kappa shape index (κ1) is 16.8. The Labute approximate surface area is 123 Å². The van der Waals surface area contributed by atoms with Gasteiger partial charge in [0, 0.05) is 12.6 Å². The van der Waals surface area contributed by atoms with Crippen molar-refractivity contribution in [3.05, 3.63) is 23.8 Å². The normalized spacial score (nSPS) is 12.8. The molecule has 1 N–H and O–H groups in total. The number of aryl methyl sites for hydroxylation is 1. The lowest BCUT2D eigenvalue weighted by atomic mass is 10.1. The van der Waals surface area contributed by atoms with E-state index in [9.17, 15) is 0 Å². The molecule has 1 aromatic carbocycles. The first-order chi connectivity index (χ1) is 9.47. The topological polar surface area (TPSA) is 30.5 Å². The zero-order valence-corrected chi connectivity index (χ0v) is 13.7. The highest BCUT2D eigenvalue weighted by Crippen LogP contribution is 2.30. The fraction of sp³-hybridized carbons (Fsp3) is 0.647. The van der Waals surface area contributed by atoms with Crippen LogP contribution < -0.4 is 14.8 Å². The third-order valence-electron chi connectivity index (χ3n) is 3.39. The SMILES string of the molecule is CCc1ccc(OC(CNC(C)C)C(C)C)c(OC)c1. The summed E-state index contributed by atoms with van der Waals surface area (Å²) in [4.78, 5) is 0. The molecular weight excluding hydrogens is 250 g/mol. The van der Waals surface area contributed by atoms with Gasteiger partial charge in [0.1, 0.15) is 6.10 Å². The smallest absolute Gasteiger partial charge is 0.161 e. The van der Waals surface area contributed by atoms with Crippen LogP contribution in [0, 0.1) is 5.92 Å². The van der Waals surface area contributed by atoms with Gasteiger partial charge in [-0.1, -0.05) is 40.7 Å². The second-order valence-corrected chi connectivity index (χ2v) is 5.80. The van der Waals surface area contributed by atoms with Crippen LogP contribution in [0.15, 0.2) is 18.2 Å². The summed E-state index contributed by atoms with van der Waals surface area (Å²) in [5.41, 5.74) is 1.26. The maximum absolute atomic E-state index is 6.16. The van der Waals surface area contributed by atoms with E-state index in [-0.39, 0.29) is 6.10 Å². The lowest BCUT2D eigenvalue weighted by molar-refractivity contribution is 0.141. The van der Waals surface area contributed by atoms with E-state index in [0.29, 0.717) is 12.0 Å². The Hall–Kier alpha value is -1.22. The summed E-state index contributed by atoms with van der Waals surface area (Å²) in [5.74, 6) is 2.09. The molecular formula is C17H29NO2. The van der Waals surface area contributed by atoms with Crippen LogP contribution in [0.5, 0.6) is 11.5 Å². The molecule has 0 saturated carbocycles. The predicted octanol–water partition coefficient (Wildman–Crippen LogP) is 3.66. The number of nitrogens with one attached hydrogen (secondary N) is 1.